The van der Waals surface area contributed by atoms with E-state index in [1.807, 2.05) is 0 Å². The summed E-state index contributed by atoms with van der Waals surface area (Å²) in [6.45, 7) is 3.88. The van der Waals surface area contributed by atoms with E-state index < -0.39 is 30.7 Å². The standard InChI is InChI=1S/C35H70O5/c1-3-5-7-9-11-13-15-17-19-21-23-25-27-29-34(38)33(35(39)40-31-32(37)30-36)28-26-24-22-20-18-16-14-12-10-8-6-4-2/h32-34,36-38H,3-31H2,1-2H3/t32-,33-,34+/m1/s1. The molecule has 5 heteroatoms. The highest BCUT2D eigenvalue weighted by molar-refractivity contribution is 5.73. The first-order valence-corrected chi connectivity index (χ1v) is 17.7. The summed E-state index contributed by atoms with van der Waals surface area (Å²) in [5.74, 6) is -0.968. The number of rotatable bonds is 32. The Bertz CT molecular complexity index is 512. The predicted octanol–water partition coefficient (Wildman–Crippen LogP) is 9.43. The van der Waals surface area contributed by atoms with Gasteiger partial charge in [-0.2, -0.15) is 0 Å². The molecule has 240 valence electrons. The molecule has 0 amide bonds. The van der Waals surface area contributed by atoms with Crippen LogP contribution in [0.3, 0.4) is 0 Å². The number of carbonyl (C=O) groups excluding carboxylic acids is 1. The van der Waals surface area contributed by atoms with Crippen LogP contribution >= 0.6 is 0 Å². The summed E-state index contributed by atoms with van der Waals surface area (Å²) >= 11 is 0. The average molecular weight is 571 g/mol. The molecule has 0 radical (unpaired) electrons. The van der Waals surface area contributed by atoms with Crippen LogP contribution in [0.25, 0.3) is 0 Å². The zero-order valence-electron chi connectivity index (χ0n) is 26.9. The van der Waals surface area contributed by atoms with Gasteiger partial charge in [-0.15, -0.1) is 0 Å². The summed E-state index contributed by atoms with van der Waals surface area (Å²) in [6.07, 6.45) is 31.4. The highest BCUT2D eigenvalue weighted by Crippen LogP contribution is 2.22. The number of aliphatic hydroxyl groups excluding tert-OH is 3. The summed E-state index contributed by atoms with van der Waals surface area (Å²) < 4.78 is 5.25. The van der Waals surface area contributed by atoms with Crippen LogP contribution in [0.4, 0.5) is 0 Å². The Kier molecular flexibility index (Phi) is 30.8. The fourth-order valence-electron chi connectivity index (χ4n) is 5.58. The van der Waals surface area contributed by atoms with E-state index in [1.54, 1.807) is 0 Å². The fourth-order valence-corrected chi connectivity index (χ4v) is 5.58. The first-order chi connectivity index (χ1) is 19.6. The van der Waals surface area contributed by atoms with E-state index in [9.17, 15) is 15.0 Å². The van der Waals surface area contributed by atoms with Crippen LogP contribution in [0.2, 0.25) is 0 Å². The van der Waals surface area contributed by atoms with Crippen LogP contribution in [0, 0.1) is 5.92 Å². The van der Waals surface area contributed by atoms with Gasteiger partial charge in [-0.3, -0.25) is 4.79 Å². The lowest BCUT2D eigenvalue weighted by Gasteiger charge is -2.22. The van der Waals surface area contributed by atoms with E-state index in [0.29, 0.717) is 12.8 Å². The first kappa shape index (κ1) is 39.4. The van der Waals surface area contributed by atoms with Crippen LogP contribution in [0.15, 0.2) is 0 Å². The summed E-state index contributed by atoms with van der Waals surface area (Å²) in [5, 5.41) is 29.4. The molecular formula is C35H70O5. The predicted molar refractivity (Wildman–Crippen MR) is 170 cm³/mol. The number of unbranched alkanes of at least 4 members (excludes halogenated alkanes) is 23. The topological polar surface area (TPSA) is 87.0 Å². The summed E-state index contributed by atoms with van der Waals surface area (Å²) in [6, 6.07) is 0. The summed E-state index contributed by atoms with van der Waals surface area (Å²) in [5.41, 5.74) is 0. The highest BCUT2D eigenvalue weighted by Gasteiger charge is 2.28. The van der Waals surface area contributed by atoms with Crippen LogP contribution in [-0.2, 0) is 9.53 Å². The molecule has 3 N–H and O–H groups in total. The Balaban J connectivity index is 4.06. The molecular weight excluding hydrogens is 500 g/mol. The molecule has 3 atom stereocenters. The molecule has 0 saturated carbocycles. The minimum Gasteiger partial charge on any atom is -0.463 e. The molecule has 0 spiro atoms. The van der Waals surface area contributed by atoms with Gasteiger partial charge in [0.15, 0.2) is 0 Å². The van der Waals surface area contributed by atoms with Crippen LogP contribution < -0.4 is 0 Å². The lowest BCUT2D eigenvalue weighted by molar-refractivity contribution is -0.156. The molecule has 0 saturated heterocycles. The molecule has 0 rings (SSSR count). The van der Waals surface area contributed by atoms with Gasteiger partial charge in [0.1, 0.15) is 12.7 Å². The Labute approximate surface area is 249 Å². The summed E-state index contributed by atoms with van der Waals surface area (Å²) in [7, 11) is 0. The number of carbonyl (C=O) groups is 1. The smallest absolute Gasteiger partial charge is 0.311 e. The van der Waals surface area contributed by atoms with Crippen LogP contribution in [0.1, 0.15) is 187 Å². The molecule has 0 heterocycles. The second kappa shape index (κ2) is 31.3. The third kappa shape index (κ3) is 26.3. The first-order valence-electron chi connectivity index (χ1n) is 17.7. The SMILES string of the molecule is CCCCCCCCCCCCCCC[C@H](O)[C@@H](CCCCCCCCCCCCCC)C(=O)OC[C@H](O)CO. The molecule has 0 aliphatic heterocycles. The van der Waals surface area contributed by atoms with E-state index >= 15 is 0 Å². The van der Waals surface area contributed by atoms with Crippen molar-refractivity contribution in [3.8, 4) is 0 Å². The Morgan fingerprint density at radius 2 is 0.850 bits per heavy atom. The molecule has 0 aromatic heterocycles. The molecule has 0 bridgehead atoms. The normalized spacial score (nSPS) is 13.8. The van der Waals surface area contributed by atoms with Gasteiger partial charge in [0.05, 0.1) is 18.6 Å². The van der Waals surface area contributed by atoms with E-state index in [1.165, 1.54) is 135 Å². The van der Waals surface area contributed by atoms with Gasteiger partial charge in [-0.05, 0) is 12.8 Å². The van der Waals surface area contributed by atoms with Crippen LogP contribution in [-0.4, -0.2) is 46.7 Å². The zero-order valence-corrected chi connectivity index (χ0v) is 26.9. The minimum atomic E-state index is -1.06. The van der Waals surface area contributed by atoms with Gasteiger partial charge >= 0.3 is 5.97 Å². The van der Waals surface area contributed by atoms with E-state index in [4.69, 9.17) is 9.84 Å². The maximum Gasteiger partial charge on any atom is 0.311 e. The molecule has 40 heavy (non-hydrogen) atoms. The number of ether oxygens (including phenoxy) is 1. The molecule has 0 aromatic rings. The van der Waals surface area contributed by atoms with Crippen molar-refractivity contribution in [2.24, 2.45) is 5.92 Å². The van der Waals surface area contributed by atoms with Gasteiger partial charge in [-0.25, -0.2) is 0 Å². The van der Waals surface area contributed by atoms with Gasteiger partial charge in [0.2, 0.25) is 0 Å². The van der Waals surface area contributed by atoms with Crippen molar-refractivity contribution < 1.29 is 24.9 Å². The second-order valence-corrected chi connectivity index (χ2v) is 12.3. The molecule has 0 aromatic carbocycles. The van der Waals surface area contributed by atoms with Gasteiger partial charge < -0.3 is 20.1 Å². The zero-order chi connectivity index (χ0) is 29.5. The lowest BCUT2D eigenvalue weighted by atomic mass is 9.91. The largest absolute Gasteiger partial charge is 0.463 e. The van der Waals surface area contributed by atoms with Gasteiger partial charge in [-0.1, -0.05) is 174 Å². The van der Waals surface area contributed by atoms with Crippen LogP contribution in [0.5, 0.6) is 0 Å². The number of esters is 1. The van der Waals surface area contributed by atoms with E-state index in [-0.39, 0.29) is 6.61 Å². The number of hydrogen-bond donors (Lipinski definition) is 3. The van der Waals surface area contributed by atoms with Crippen molar-refractivity contribution in [3.05, 3.63) is 0 Å². The molecule has 5 nitrogen and oxygen atoms in total. The van der Waals surface area contributed by atoms with E-state index in [0.717, 1.165) is 25.7 Å². The molecule has 0 aliphatic rings. The lowest BCUT2D eigenvalue weighted by Crippen LogP contribution is -2.32. The average Bonchev–Trinajstić information content (AvgIpc) is 2.96. The van der Waals surface area contributed by atoms with Crippen molar-refractivity contribution in [1.29, 1.82) is 0 Å². The van der Waals surface area contributed by atoms with Crippen molar-refractivity contribution in [2.45, 2.75) is 199 Å². The highest BCUT2D eigenvalue weighted by atomic mass is 16.5. The number of aliphatic hydroxyl groups is 3. The second-order valence-electron chi connectivity index (χ2n) is 12.3. The Hall–Kier alpha value is -0.650. The van der Waals surface area contributed by atoms with Crippen molar-refractivity contribution in [3.63, 3.8) is 0 Å². The third-order valence-corrected chi connectivity index (χ3v) is 8.37. The third-order valence-electron chi connectivity index (χ3n) is 8.37. The maximum atomic E-state index is 12.7. The van der Waals surface area contributed by atoms with Gasteiger partial charge in [0.25, 0.3) is 0 Å². The molecule has 0 fully saturated rings. The minimum absolute atomic E-state index is 0.213. The van der Waals surface area contributed by atoms with E-state index in [2.05, 4.69) is 13.8 Å². The molecule has 0 unspecified atom stereocenters. The van der Waals surface area contributed by atoms with Crippen molar-refractivity contribution in [1.82, 2.24) is 0 Å². The van der Waals surface area contributed by atoms with Crippen molar-refractivity contribution >= 4 is 5.97 Å². The quantitative estimate of drug-likeness (QED) is 0.0554. The number of hydrogen-bond acceptors (Lipinski definition) is 5. The Morgan fingerprint density at radius 3 is 1.20 bits per heavy atom. The van der Waals surface area contributed by atoms with Gasteiger partial charge in [0, 0.05) is 0 Å². The fraction of sp³-hybridized carbons (Fsp3) is 0.971. The molecule has 0 aliphatic carbocycles. The van der Waals surface area contributed by atoms with Crippen molar-refractivity contribution in [2.75, 3.05) is 13.2 Å². The summed E-state index contributed by atoms with van der Waals surface area (Å²) in [4.78, 5) is 12.7. The monoisotopic (exact) mass is 571 g/mol. The maximum absolute atomic E-state index is 12.7. The Morgan fingerprint density at radius 1 is 0.525 bits per heavy atom.